The molecule has 8 nitrogen and oxygen atoms in total. The molecule has 1 amide bonds. The van der Waals surface area contributed by atoms with Crippen molar-refractivity contribution in [3.05, 3.63) is 66.1 Å². The molecule has 2 aliphatic rings. The van der Waals surface area contributed by atoms with Crippen LogP contribution in [0.2, 0.25) is 0 Å². The summed E-state index contributed by atoms with van der Waals surface area (Å²) in [6, 6.07) is 12.4. The topological polar surface area (TPSA) is 78.2 Å². The fraction of sp³-hybridized carbons (Fsp3) is 0.440. The predicted octanol–water partition coefficient (Wildman–Crippen LogP) is 2.86. The van der Waals surface area contributed by atoms with E-state index >= 15 is 0 Å². The average Bonchev–Trinajstić information content (AvgIpc) is 3.26. The molecule has 0 radical (unpaired) electrons. The van der Waals surface area contributed by atoms with E-state index in [0.29, 0.717) is 25.2 Å². The largest absolute Gasteiger partial charge is 0.336 e. The Labute approximate surface area is 200 Å². The molecule has 1 unspecified atom stereocenters. The molecular formula is C25H31N5O3S. The maximum atomic E-state index is 13.0. The molecule has 0 aliphatic carbocycles. The van der Waals surface area contributed by atoms with Crippen LogP contribution < -0.4 is 0 Å². The van der Waals surface area contributed by atoms with E-state index in [4.69, 9.17) is 0 Å². The van der Waals surface area contributed by atoms with Gasteiger partial charge in [0.25, 0.3) is 5.91 Å². The summed E-state index contributed by atoms with van der Waals surface area (Å²) in [5.74, 6) is -0.0531. The van der Waals surface area contributed by atoms with Crippen LogP contribution in [-0.4, -0.2) is 76.6 Å². The third-order valence-electron chi connectivity index (χ3n) is 6.91. The summed E-state index contributed by atoms with van der Waals surface area (Å²) in [6.07, 6.45) is 6.88. The first-order chi connectivity index (χ1) is 16.4. The van der Waals surface area contributed by atoms with Crippen LogP contribution in [0.15, 0.2) is 59.8 Å². The minimum atomic E-state index is -3.53. The van der Waals surface area contributed by atoms with Crippen molar-refractivity contribution in [3.8, 4) is 0 Å². The van der Waals surface area contributed by atoms with Gasteiger partial charge in [0.15, 0.2) is 0 Å². The van der Waals surface area contributed by atoms with Crippen LogP contribution in [0.3, 0.4) is 0 Å². The lowest BCUT2D eigenvalue weighted by Crippen LogP contribution is -2.48. The lowest BCUT2D eigenvalue weighted by Gasteiger charge is -2.34. The van der Waals surface area contributed by atoms with Crippen molar-refractivity contribution in [2.24, 2.45) is 0 Å². The molecule has 4 heterocycles. The third kappa shape index (κ3) is 4.60. The number of carbonyl (C=O) groups is 1. The zero-order valence-electron chi connectivity index (χ0n) is 19.5. The fourth-order valence-electron chi connectivity index (χ4n) is 4.92. The van der Waals surface area contributed by atoms with E-state index in [-0.39, 0.29) is 16.8 Å². The number of piperazine rings is 1. The molecule has 2 aliphatic heterocycles. The maximum absolute atomic E-state index is 13.0. The van der Waals surface area contributed by atoms with Crippen LogP contribution in [0, 0.1) is 0 Å². The van der Waals surface area contributed by atoms with Crippen molar-refractivity contribution in [1.29, 1.82) is 0 Å². The van der Waals surface area contributed by atoms with Crippen molar-refractivity contribution in [2.75, 3.05) is 32.7 Å². The number of carbonyl (C=O) groups excluding carboxylic acids is 1. The quantitative estimate of drug-likeness (QED) is 0.560. The van der Waals surface area contributed by atoms with Crippen molar-refractivity contribution in [3.63, 3.8) is 0 Å². The van der Waals surface area contributed by atoms with Gasteiger partial charge >= 0.3 is 0 Å². The molecule has 1 atom stereocenters. The average molecular weight is 482 g/mol. The Balaban J connectivity index is 1.19. The monoisotopic (exact) mass is 481 g/mol. The summed E-state index contributed by atoms with van der Waals surface area (Å²) in [5.41, 5.74) is 2.48. The Hall–Kier alpha value is -2.75. The number of rotatable bonds is 5. The zero-order chi connectivity index (χ0) is 23.7. The summed E-state index contributed by atoms with van der Waals surface area (Å²) in [4.78, 5) is 22.1. The van der Waals surface area contributed by atoms with Gasteiger partial charge in [0.1, 0.15) is 5.65 Å². The number of fused-ring (bicyclic) bond motifs is 1. The van der Waals surface area contributed by atoms with Gasteiger partial charge in [-0.05, 0) is 56.2 Å². The van der Waals surface area contributed by atoms with Gasteiger partial charge in [0, 0.05) is 63.3 Å². The molecule has 0 N–H and O–H groups in total. The normalized spacial score (nSPS) is 20.6. The van der Waals surface area contributed by atoms with Crippen LogP contribution >= 0.6 is 0 Å². The Morgan fingerprint density at radius 3 is 2.47 bits per heavy atom. The van der Waals surface area contributed by atoms with Crippen LogP contribution in [-0.2, 0) is 16.6 Å². The third-order valence-corrected chi connectivity index (χ3v) is 8.94. The number of hydrogen-bond acceptors (Lipinski definition) is 5. The molecular weight excluding hydrogens is 450 g/mol. The van der Waals surface area contributed by atoms with Crippen molar-refractivity contribution >= 4 is 21.6 Å². The number of hydrogen-bond donors (Lipinski definition) is 0. The van der Waals surface area contributed by atoms with Crippen LogP contribution in [0.4, 0.5) is 0 Å². The number of pyridine rings is 1. The molecule has 0 saturated carbocycles. The van der Waals surface area contributed by atoms with E-state index in [9.17, 15) is 13.2 Å². The molecule has 0 spiro atoms. The second kappa shape index (κ2) is 9.48. The Morgan fingerprint density at radius 1 is 1.00 bits per heavy atom. The molecule has 34 heavy (non-hydrogen) atoms. The van der Waals surface area contributed by atoms with E-state index in [0.717, 1.165) is 50.2 Å². The van der Waals surface area contributed by atoms with Gasteiger partial charge in [-0.15, -0.1) is 0 Å². The number of aromatic nitrogens is 2. The molecule has 2 fully saturated rings. The van der Waals surface area contributed by atoms with Gasteiger partial charge in [-0.3, -0.25) is 9.69 Å². The number of amides is 1. The molecule has 2 aromatic heterocycles. The SMILES string of the molecule is CC1CCCCN1S(=O)(=O)c1ccc(C(=O)N2CCN(Cc3cn4ccccc4n3)CC2)cc1. The van der Waals surface area contributed by atoms with Crippen LogP contribution in [0.1, 0.15) is 42.2 Å². The summed E-state index contributed by atoms with van der Waals surface area (Å²) in [6.45, 7) is 6.10. The van der Waals surface area contributed by atoms with Gasteiger partial charge < -0.3 is 9.30 Å². The molecule has 2 saturated heterocycles. The van der Waals surface area contributed by atoms with E-state index in [2.05, 4.69) is 9.88 Å². The predicted molar refractivity (Wildman–Crippen MR) is 130 cm³/mol. The minimum Gasteiger partial charge on any atom is -0.336 e. The summed E-state index contributed by atoms with van der Waals surface area (Å²) >= 11 is 0. The lowest BCUT2D eigenvalue weighted by molar-refractivity contribution is 0.0627. The first kappa shape index (κ1) is 23.0. The summed E-state index contributed by atoms with van der Waals surface area (Å²) in [7, 11) is -3.53. The second-order valence-corrected chi connectivity index (χ2v) is 11.1. The molecule has 9 heteroatoms. The highest BCUT2D eigenvalue weighted by atomic mass is 32.2. The lowest BCUT2D eigenvalue weighted by atomic mass is 10.1. The number of benzene rings is 1. The van der Waals surface area contributed by atoms with Gasteiger partial charge in [-0.2, -0.15) is 4.31 Å². The Morgan fingerprint density at radius 2 is 1.76 bits per heavy atom. The standard InChI is InChI=1S/C25H31N5O3S/c1-20-6-2-5-13-30(20)34(32,33)23-10-8-21(9-11-23)25(31)28-16-14-27(15-17-28)18-22-19-29-12-4-3-7-24(29)26-22/h3-4,7-12,19-20H,2,5-6,13-18H2,1H3. The van der Waals surface area contributed by atoms with Crippen LogP contribution in [0.5, 0.6) is 0 Å². The van der Waals surface area contributed by atoms with Gasteiger partial charge in [0.05, 0.1) is 10.6 Å². The first-order valence-electron chi connectivity index (χ1n) is 12.0. The highest BCUT2D eigenvalue weighted by Gasteiger charge is 2.31. The smallest absolute Gasteiger partial charge is 0.253 e. The molecule has 180 valence electrons. The fourth-order valence-corrected chi connectivity index (χ4v) is 6.62. The molecule has 3 aromatic rings. The minimum absolute atomic E-state index is 0.0110. The number of nitrogens with zero attached hydrogens (tertiary/aromatic N) is 5. The first-order valence-corrected chi connectivity index (χ1v) is 13.4. The second-order valence-electron chi connectivity index (χ2n) is 9.25. The Kier molecular flexibility index (Phi) is 6.42. The van der Waals surface area contributed by atoms with Crippen molar-refractivity contribution in [1.82, 2.24) is 23.5 Å². The summed E-state index contributed by atoms with van der Waals surface area (Å²) < 4.78 is 29.7. The summed E-state index contributed by atoms with van der Waals surface area (Å²) in [5, 5.41) is 0. The maximum Gasteiger partial charge on any atom is 0.253 e. The van der Waals surface area contributed by atoms with Gasteiger partial charge in [0.2, 0.25) is 10.0 Å². The van der Waals surface area contributed by atoms with Gasteiger partial charge in [-0.25, -0.2) is 13.4 Å². The Bertz CT molecular complexity index is 1230. The molecule has 1 aromatic carbocycles. The van der Waals surface area contributed by atoms with E-state index in [1.54, 1.807) is 28.6 Å². The highest BCUT2D eigenvalue weighted by Crippen LogP contribution is 2.25. The van der Waals surface area contributed by atoms with E-state index in [1.807, 2.05) is 46.8 Å². The van der Waals surface area contributed by atoms with E-state index in [1.165, 1.54) is 0 Å². The van der Waals surface area contributed by atoms with E-state index < -0.39 is 10.0 Å². The number of piperidine rings is 1. The van der Waals surface area contributed by atoms with Crippen molar-refractivity contribution < 1.29 is 13.2 Å². The molecule has 0 bridgehead atoms. The molecule has 5 rings (SSSR count). The number of imidazole rings is 1. The van der Waals surface area contributed by atoms with Crippen LogP contribution in [0.25, 0.3) is 5.65 Å². The van der Waals surface area contributed by atoms with Crippen molar-refractivity contribution in [2.45, 2.75) is 43.7 Å². The highest BCUT2D eigenvalue weighted by molar-refractivity contribution is 7.89. The zero-order valence-corrected chi connectivity index (χ0v) is 20.3. The number of sulfonamides is 1. The van der Waals surface area contributed by atoms with Gasteiger partial charge in [-0.1, -0.05) is 12.5 Å².